The molecular weight excluding hydrogens is 172 g/mol. The minimum atomic E-state index is 0.770. The van der Waals surface area contributed by atoms with Gasteiger partial charge in [-0.15, -0.1) is 0 Å². The molecule has 0 saturated carbocycles. The maximum atomic E-state index is 3.54. The second-order valence-corrected chi connectivity index (χ2v) is 4.65. The largest absolute Gasteiger partial charge is 0.315 e. The molecule has 84 valence electrons. The van der Waals surface area contributed by atoms with Gasteiger partial charge in [-0.1, -0.05) is 20.8 Å². The number of nitrogens with zero attached hydrogens (tertiary/aromatic N) is 1. The molecule has 1 heterocycles. The van der Waals surface area contributed by atoms with E-state index >= 15 is 0 Å². The van der Waals surface area contributed by atoms with E-state index in [9.17, 15) is 0 Å². The van der Waals surface area contributed by atoms with Crippen molar-refractivity contribution in [2.45, 2.75) is 46.1 Å². The van der Waals surface area contributed by atoms with E-state index in [2.05, 4.69) is 31.0 Å². The predicted octanol–water partition coefficient (Wildman–Crippen LogP) is 2.11. The summed E-state index contributed by atoms with van der Waals surface area (Å²) in [6.07, 6.45) is 3.92. The van der Waals surface area contributed by atoms with Gasteiger partial charge in [-0.3, -0.25) is 4.90 Å². The molecule has 1 fully saturated rings. The minimum Gasteiger partial charge on any atom is -0.315 e. The molecule has 0 radical (unpaired) electrons. The van der Waals surface area contributed by atoms with Crippen LogP contribution in [0.25, 0.3) is 0 Å². The number of hydrogen-bond donors (Lipinski definition) is 1. The van der Waals surface area contributed by atoms with Crippen LogP contribution in [0.5, 0.6) is 0 Å². The molecule has 1 aliphatic rings. The van der Waals surface area contributed by atoms with Crippen LogP contribution in [0.2, 0.25) is 0 Å². The van der Waals surface area contributed by atoms with Gasteiger partial charge in [-0.25, -0.2) is 0 Å². The molecule has 1 aliphatic heterocycles. The molecule has 0 aliphatic carbocycles. The molecule has 0 aromatic heterocycles. The SMILES string of the molecule is CCCNCC(CC)N1CCC(C)C1. The lowest BCUT2D eigenvalue weighted by Gasteiger charge is -2.27. The highest BCUT2D eigenvalue weighted by atomic mass is 15.2. The van der Waals surface area contributed by atoms with Crippen molar-refractivity contribution in [3.05, 3.63) is 0 Å². The van der Waals surface area contributed by atoms with Gasteiger partial charge in [0.25, 0.3) is 0 Å². The van der Waals surface area contributed by atoms with E-state index in [4.69, 9.17) is 0 Å². The molecule has 0 spiro atoms. The molecule has 1 N–H and O–H groups in total. The summed E-state index contributed by atoms with van der Waals surface area (Å²) in [7, 11) is 0. The van der Waals surface area contributed by atoms with E-state index in [1.54, 1.807) is 0 Å². The highest BCUT2D eigenvalue weighted by molar-refractivity contribution is 4.80. The van der Waals surface area contributed by atoms with Gasteiger partial charge < -0.3 is 5.32 Å². The van der Waals surface area contributed by atoms with Crippen molar-refractivity contribution in [1.29, 1.82) is 0 Å². The third-order valence-corrected chi connectivity index (χ3v) is 3.25. The van der Waals surface area contributed by atoms with E-state index in [0.717, 1.165) is 12.0 Å². The number of rotatable bonds is 6. The summed E-state index contributed by atoms with van der Waals surface area (Å²) in [6.45, 7) is 11.9. The third-order valence-electron chi connectivity index (χ3n) is 3.25. The van der Waals surface area contributed by atoms with Crippen molar-refractivity contribution in [3.8, 4) is 0 Å². The van der Waals surface area contributed by atoms with Gasteiger partial charge in [0.15, 0.2) is 0 Å². The van der Waals surface area contributed by atoms with E-state index < -0.39 is 0 Å². The maximum Gasteiger partial charge on any atom is 0.0218 e. The van der Waals surface area contributed by atoms with Crippen molar-refractivity contribution in [2.75, 3.05) is 26.2 Å². The van der Waals surface area contributed by atoms with Crippen LogP contribution in [0.3, 0.4) is 0 Å². The number of nitrogens with one attached hydrogen (secondary N) is 1. The van der Waals surface area contributed by atoms with Crippen molar-refractivity contribution >= 4 is 0 Å². The fourth-order valence-corrected chi connectivity index (χ4v) is 2.28. The molecule has 0 aromatic rings. The van der Waals surface area contributed by atoms with Crippen LogP contribution in [-0.2, 0) is 0 Å². The molecule has 2 unspecified atom stereocenters. The molecule has 14 heavy (non-hydrogen) atoms. The fourth-order valence-electron chi connectivity index (χ4n) is 2.28. The lowest BCUT2D eigenvalue weighted by atomic mass is 10.1. The van der Waals surface area contributed by atoms with Crippen LogP contribution < -0.4 is 5.32 Å². The standard InChI is InChI=1S/C12H26N2/c1-4-7-13-9-12(5-2)14-8-6-11(3)10-14/h11-13H,4-10H2,1-3H3. The molecule has 0 bridgehead atoms. The van der Waals surface area contributed by atoms with Crippen LogP contribution in [0, 0.1) is 5.92 Å². The number of hydrogen-bond acceptors (Lipinski definition) is 2. The Hall–Kier alpha value is -0.0800. The first kappa shape index (κ1) is 12.0. The van der Waals surface area contributed by atoms with Gasteiger partial charge in [0.2, 0.25) is 0 Å². The van der Waals surface area contributed by atoms with Crippen molar-refractivity contribution in [1.82, 2.24) is 10.2 Å². The van der Waals surface area contributed by atoms with Crippen molar-refractivity contribution in [3.63, 3.8) is 0 Å². The Kier molecular flexibility index (Phi) is 5.49. The molecule has 2 nitrogen and oxygen atoms in total. The summed E-state index contributed by atoms with van der Waals surface area (Å²) in [4.78, 5) is 2.66. The lowest BCUT2D eigenvalue weighted by Crippen LogP contribution is -2.40. The van der Waals surface area contributed by atoms with Crippen molar-refractivity contribution in [2.24, 2.45) is 5.92 Å². The highest BCUT2D eigenvalue weighted by Crippen LogP contribution is 2.18. The second kappa shape index (κ2) is 6.41. The van der Waals surface area contributed by atoms with Gasteiger partial charge in [-0.2, -0.15) is 0 Å². The minimum absolute atomic E-state index is 0.770. The smallest absolute Gasteiger partial charge is 0.0218 e. The Morgan fingerprint density at radius 1 is 1.43 bits per heavy atom. The first-order chi connectivity index (χ1) is 6.77. The average Bonchev–Trinajstić information content (AvgIpc) is 2.60. The molecule has 2 atom stereocenters. The summed E-state index contributed by atoms with van der Waals surface area (Å²) < 4.78 is 0. The van der Waals surface area contributed by atoms with E-state index in [0.29, 0.717) is 0 Å². The topological polar surface area (TPSA) is 15.3 Å². The maximum absolute atomic E-state index is 3.54. The Balaban J connectivity index is 2.23. The van der Waals surface area contributed by atoms with E-state index in [-0.39, 0.29) is 0 Å². The van der Waals surface area contributed by atoms with Crippen LogP contribution in [0.15, 0.2) is 0 Å². The normalized spacial score (nSPS) is 25.5. The predicted molar refractivity (Wildman–Crippen MR) is 62.6 cm³/mol. The van der Waals surface area contributed by atoms with Gasteiger partial charge in [0, 0.05) is 19.1 Å². The fraction of sp³-hybridized carbons (Fsp3) is 1.00. The van der Waals surface area contributed by atoms with Crippen LogP contribution >= 0.6 is 0 Å². The van der Waals surface area contributed by atoms with Gasteiger partial charge >= 0.3 is 0 Å². The average molecular weight is 198 g/mol. The van der Waals surface area contributed by atoms with E-state index in [1.165, 1.54) is 45.4 Å². The number of likely N-dealkylation sites (tertiary alicyclic amines) is 1. The Morgan fingerprint density at radius 2 is 2.21 bits per heavy atom. The molecule has 0 amide bonds. The quantitative estimate of drug-likeness (QED) is 0.658. The summed E-state index contributed by atoms with van der Waals surface area (Å²) >= 11 is 0. The first-order valence-electron chi connectivity index (χ1n) is 6.22. The van der Waals surface area contributed by atoms with Crippen LogP contribution in [-0.4, -0.2) is 37.1 Å². The van der Waals surface area contributed by atoms with Gasteiger partial charge in [0.1, 0.15) is 0 Å². The molecule has 1 rings (SSSR count). The highest BCUT2D eigenvalue weighted by Gasteiger charge is 2.24. The second-order valence-electron chi connectivity index (χ2n) is 4.65. The molecule has 0 aromatic carbocycles. The lowest BCUT2D eigenvalue weighted by molar-refractivity contribution is 0.223. The summed E-state index contributed by atoms with van der Waals surface area (Å²) in [5, 5.41) is 3.54. The zero-order valence-electron chi connectivity index (χ0n) is 10.1. The van der Waals surface area contributed by atoms with Crippen LogP contribution in [0.4, 0.5) is 0 Å². The summed E-state index contributed by atoms with van der Waals surface area (Å²) in [6, 6.07) is 0.770. The zero-order chi connectivity index (χ0) is 10.4. The Morgan fingerprint density at radius 3 is 2.71 bits per heavy atom. The third kappa shape index (κ3) is 3.58. The van der Waals surface area contributed by atoms with Crippen LogP contribution in [0.1, 0.15) is 40.0 Å². The Bertz CT molecular complexity index is 147. The van der Waals surface area contributed by atoms with E-state index in [1.807, 2.05) is 0 Å². The Labute approximate surface area is 89.1 Å². The summed E-state index contributed by atoms with van der Waals surface area (Å²) in [5.74, 6) is 0.912. The van der Waals surface area contributed by atoms with Crippen molar-refractivity contribution < 1.29 is 0 Å². The van der Waals surface area contributed by atoms with Gasteiger partial charge in [0.05, 0.1) is 0 Å². The zero-order valence-corrected chi connectivity index (χ0v) is 10.1. The van der Waals surface area contributed by atoms with Gasteiger partial charge in [-0.05, 0) is 38.3 Å². The molecular formula is C12H26N2. The first-order valence-corrected chi connectivity index (χ1v) is 6.22. The molecule has 1 saturated heterocycles. The molecule has 2 heteroatoms. The monoisotopic (exact) mass is 198 g/mol. The summed E-state index contributed by atoms with van der Waals surface area (Å²) in [5.41, 5.74) is 0.